The zero-order valence-electron chi connectivity index (χ0n) is 31.3. The first kappa shape index (κ1) is 33.0. The molecule has 1 atom stereocenters. The lowest BCUT2D eigenvalue weighted by Crippen LogP contribution is -2.35. The molecule has 0 saturated carbocycles. The maximum Gasteiger partial charge on any atom is 0.0754 e. The van der Waals surface area contributed by atoms with Crippen molar-refractivity contribution in [1.82, 2.24) is 0 Å². The van der Waals surface area contributed by atoms with Gasteiger partial charge in [0.1, 0.15) is 0 Å². The molecule has 0 bridgehead atoms. The molecule has 57 heavy (non-hydrogen) atoms. The summed E-state index contributed by atoms with van der Waals surface area (Å²) in [5.74, 6) is 0. The zero-order chi connectivity index (χ0) is 37.8. The van der Waals surface area contributed by atoms with E-state index in [0.717, 1.165) is 22.7 Å². The molecule has 2 nitrogen and oxygen atoms in total. The van der Waals surface area contributed by atoms with Crippen molar-refractivity contribution in [2.24, 2.45) is 0 Å². The highest BCUT2D eigenvalue weighted by molar-refractivity contribution is 6.00. The minimum Gasteiger partial charge on any atom is -0.310 e. The summed E-state index contributed by atoms with van der Waals surface area (Å²) in [5.41, 5.74) is 19.0. The van der Waals surface area contributed by atoms with E-state index in [1.165, 1.54) is 67.0 Å². The Bertz CT molecular complexity index is 2890. The molecule has 0 amide bonds. The number of nitrogens with zero attached hydrogens (tertiary/aromatic N) is 2. The molecule has 9 aromatic rings. The lowest BCUT2D eigenvalue weighted by Gasteiger charge is -2.44. The Kier molecular flexibility index (Phi) is 7.75. The van der Waals surface area contributed by atoms with E-state index in [1.54, 1.807) is 0 Å². The predicted octanol–water partition coefficient (Wildman–Crippen LogP) is 14.6. The van der Waals surface area contributed by atoms with E-state index in [1.807, 2.05) is 0 Å². The Morgan fingerprint density at radius 3 is 1.65 bits per heavy atom. The van der Waals surface area contributed by atoms with Crippen LogP contribution in [-0.4, -0.2) is 0 Å². The summed E-state index contributed by atoms with van der Waals surface area (Å²) in [6, 6.07) is 84.1. The summed E-state index contributed by atoms with van der Waals surface area (Å²) >= 11 is 0. The third-order valence-electron chi connectivity index (χ3n) is 11.8. The number of anilines is 6. The molecule has 0 spiro atoms. The summed E-state index contributed by atoms with van der Waals surface area (Å²) in [7, 11) is 0. The molecule has 1 aliphatic carbocycles. The van der Waals surface area contributed by atoms with E-state index >= 15 is 0 Å². The number of rotatable bonds is 7. The van der Waals surface area contributed by atoms with Gasteiger partial charge < -0.3 is 9.80 Å². The summed E-state index contributed by atoms with van der Waals surface area (Å²) in [4.78, 5) is 4.80. The quantitative estimate of drug-likeness (QED) is 0.161. The van der Waals surface area contributed by atoms with Gasteiger partial charge in [0, 0.05) is 28.3 Å². The molecule has 1 aliphatic heterocycles. The Morgan fingerprint density at radius 1 is 0.333 bits per heavy atom. The number of fused-ring (bicyclic) bond motifs is 5. The Morgan fingerprint density at radius 2 is 0.877 bits per heavy atom. The highest BCUT2D eigenvalue weighted by atomic mass is 15.2. The van der Waals surface area contributed by atoms with Gasteiger partial charge in [0.15, 0.2) is 0 Å². The van der Waals surface area contributed by atoms with E-state index < -0.39 is 5.41 Å². The van der Waals surface area contributed by atoms with Crippen molar-refractivity contribution in [2.75, 3.05) is 9.80 Å². The largest absolute Gasteiger partial charge is 0.310 e. The van der Waals surface area contributed by atoms with Crippen LogP contribution in [-0.2, 0) is 5.41 Å². The van der Waals surface area contributed by atoms with Crippen LogP contribution in [0.5, 0.6) is 0 Å². The minimum absolute atomic E-state index is 0.492. The monoisotopic (exact) mass is 726 g/mol. The minimum atomic E-state index is -0.492. The van der Waals surface area contributed by atoms with E-state index in [9.17, 15) is 0 Å². The molecule has 0 N–H and O–H groups in total. The first-order valence-electron chi connectivity index (χ1n) is 19.7. The average Bonchev–Trinajstić information content (AvgIpc) is 3.60. The van der Waals surface area contributed by atoms with Crippen LogP contribution in [0.4, 0.5) is 34.1 Å². The highest BCUT2D eigenvalue weighted by Gasteiger charge is 2.52. The predicted molar refractivity (Wildman–Crippen MR) is 238 cm³/mol. The standard InChI is InChI=1S/C55H38N2/c1-5-17-39(18-6-1)41-19-15-26-47(37-41)56(44-22-9-3-10-23-44)46-34-31-40(32-35-46)42-33-36-48-49-27-16-30-53-54(49)55(51(48)38-42,43-20-7-2-8-21-43)50-28-13-14-29-52(50)57(53)45-24-11-4-12-25-45/h1-38H. The molecule has 0 saturated heterocycles. The summed E-state index contributed by atoms with van der Waals surface area (Å²) < 4.78 is 0. The summed E-state index contributed by atoms with van der Waals surface area (Å²) in [6.07, 6.45) is 0. The fraction of sp³-hybridized carbons (Fsp3) is 0.0182. The van der Waals surface area contributed by atoms with E-state index in [4.69, 9.17) is 0 Å². The Balaban J connectivity index is 1.06. The molecule has 2 aliphatic rings. The lowest BCUT2D eigenvalue weighted by atomic mass is 9.64. The molecule has 2 heteroatoms. The fourth-order valence-electron chi connectivity index (χ4n) is 9.43. The number of para-hydroxylation sites is 3. The van der Waals surface area contributed by atoms with Gasteiger partial charge >= 0.3 is 0 Å². The lowest BCUT2D eigenvalue weighted by molar-refractivity contribution is 0.754. The SMILES string of the molecule is c1ccc(-c2cccc(N(c3ccccc3)c3ccc(-c4ccc5c(c4)C4(c6ccccc6)c6ccccc6N(c6ccccc6)c6cccc-5c64)cc3)c2)cc1. The van der Waals surface area contributed by atoms with E-state index in [0.29, 0.717) is 0 Å². The molecule has 268 valence electrons. The molecule has 0 radical (unpaired) electrons. The first-order valence-corrected chi connectivity index (χ1v) is 19.7. The van der Waals surface area contributed by atoms with Gasteiger partial charge in [-0.15, -0.1) is 0 Å². The first-order chi connectivity index (χ1) is 28.3. The number of hydrogen-bond donors (Lipinski definition) is 0. The number of benzene rings is 9. The van der Waals surface area contributed by atoms with Crippen molar-refractivity contribution >= 4 is 34.1 Å². The van der Waals surface area contributed by atoms with Crippen molar-refractivity contribution in [1.29, 1.82) is 0 Å². The van der Waals surface area contributed by atoms with Gasteiger partial charge in [-0.05, 0) is 117 Å². The van der Waals surface area contributed by atoms with Crippen LogP contribution in [0.25, 0.3) is 33.4 Å². The maximum atomic E-state index is 2.47. The van der Waals surface area contributed by atoms with Crippen LogP contribution >= 0.6 is 0 Å². The molecular weight excluding hydrogens is 689 g/mol. The highest BCUT2D eigenvalue weighted by Crippen LogP contribution is 2.65. The van der Waals surface area contributed by atoms with E-state index in [-0.39, 0.29) is 0 Å². The van der Waals surface area contributed by atoms with Crippen molar-refractivity contribution in [3.63, 3.8) is 0 Å². The number of hydrogen-bond acceptors (Lipinski definition) is 2. The second-order valence-electron chi connectivity index (χ2n) is 14.9. The Labute approximate surface area is 334 Å². The van der Waals surface area contributed by atoms with Crippen LogP contribution in [0.2, 0.25) is 0 Å². The third kappa shape index (κ3) is 5.18. The van der Waals surface area contributed by atoms with Crippen molar-refractivity contribution < 1.29 is 0 Å². The molecular formula is C55H38N2. The average molecular weight is 727 g/mol. The van der Waals surface area contributed by atoms with Crippen molar-refractivity contribution in [3.8, 4) is 33.4 Å². The van der Waals surface area contributed by atoms with Crippen LogP contribution in [0.15, 0.2) is 231 Å². The van der Waals surface area contributed by atoms with Crippen LogP contribution in [0.1, 0.15) is 22.3 Å². The maximum absolute atomic E-state index is 2.47. The zero-order valence-corrected chi connectivity index (χ0v) is 31.3. The van der Waals surface area contributed by atoms with Gasteiger partial charge in [0.25, 0.3) is 0 Å². The summed E-state index contributed by atoms with van der Waals surface area (Å²) in [5, 5.41) is 0. The summed E-state index contributed by atoms with van der Waals surface area (Å²) in [6.45, 7) is 0. The van der Waals surface area contributed by atoms with Gasteiger partial charge in [-0.1, -0.05) is 164 Å². The second kappa shape index (κ2) is 13.4. The molecule has 0 fully saturated rings. The van der Waals surface area contributed by atoms with Crippen LogP contribution in [0, 0.1) is 0 Å². The van der Waals surface area contributed by atoms with Crippen molar-refractivity contribution in [2.45, 2.75) is 5.41 Å². The van der Waals surface area contributed by atoms with Gasteiger partial charge in [-0.25, -0.2) is 0 Å². The molecule has 11 rings (SSSR count). The van der Waals surface area contributed by atoms with E-state index in [2.05, 4.69) is 240 Å². The fourth-order valence-corrected chi connectivity index (χ4v) is 9.43. The Hall–Kier alpha value is -7.42. The normalized spacial score (nSPS) is 14.7. The third-order valence-corrected chi connectivity index (χ3v) is 11.8. The van der Waals surface area contributed by atoms with Crippen LogP contribution < -0.4 is 9.80 Å². The smallest absolute Gasteiger partial charge is 0.0754 e. The van der Waals surface area contributed by atoms with Crippen molar-refractivity contribution in [3.05, 3.63) is 253 Å². The van der Waals surface area contributed by atoms with Gasteiger partial charge in [0.2, 0.25) is 0 Å². The van der Waals surface area contributed by atoms with Gasteiger partial charge in [0.05, 0.1) is 16.8 Å². The molecule has 1 unspecified atom stereocenters. The molecule has 1 heterocycles. The van der Waals surface area contributed by atoms with Gasteiger partial charge in [-0.2, -0.15) is 0 Å². The molecule has 0 aromatic heterocycles. The van der Waals surface area contributed by atoms with Crippen LogP contribution in [0.3, 0.4) is 0 Å². The molecule has 9 aromatic carbocycles. The topological polar surface area (TPSA) is 6.48 Å². The van der Waals surface area contributed by atoms with Gasteiger partial charge in [-0.3, -0.25) is 0 Å². The second-order valence-corrected chi connectivity index (χ2v) is 14.9.